The van der Waals surface area contributed by atoms with Crippen LogP contribution in [0.2, 0.25) is 0 Å². The molecule has 0 saturated carbocycles. The van der Waals surface area contributed by atoms with Gasteiger partial charge in [0.25, 0.3) is 0 Å². The lowest BCUT2D eigenvalue weighted by Gasteiger charge is -2.26. The average Bonchev–Trinajstić information content (AvgIpc) is 3.04. The lowest BCUT2D eigenvalue weighted by Crippen LogP contribution is -2.47. The lowest BCUT2D eigenvalue weighted by atomic mass is 9.98. The molecule has 1 amide bonds. The number of ether oxygens (including phenoxy) is 2. The zero-order valence-electron chi connectivity index (χ0n) is 19.6. The molecule has 0 spiro atoms. The van der Waals surface area contributed by atoms with Gasteiger partial charge in [-0.25, -0.2) is 4.79 Å². The van der Waals surface area contributed by atoms with E-state index >= 15 is 0 Å². The van der Waals surface area contributed by atoms with Crippen LogP contribution in [0.1, 0.15) is 51.7 Å². The molecule has 0 bridgehead atoms. The van der Waals surface area contributed by atoms with Gasteiger partial charge in [-0.2, -0.15) is 0 Å². The maximum absolute atomic E-state index is 12.4. The van der Waals surface area contributed by atoms with E-state index in [4.69, 9.17) is 9.47 Å². The fourth-order valence-electron chi connectivity index (χ4n) is 4.00. The van der Waals surface area contributed by atoms with Crippen molar-refractivity contribution >= 4 is 12.1 Å². The number of rotatable bonds is 8. The topological polar surface area (TPSA) is 76.7 Å². The van der Waals surface area contributed by atoms with Crippen molar-refractivity contribution in [1.29, 1.82) is 0 Å². The summed E-state index contributed by atoms with van der Waals surface area (Å²) in [5.74, 6) is -0.184. The third-order valence-corrected chi connectivity index (χ3v) is 5.43. The van der Waals surface area contributed by atoms with Gasteiger partial charge in [0.15, 0.2) is 0 Å². The predicted octanol–water partition coefficient (Wildman–Crippen LogP) is 4.48. The normalized spacial score (nSPS) is 13.9. The highest BCUT2D eigenvalue weighted by molar-refractivity contribution is 5.79. The number of carbonyl (C=O) groups is 2. The van der Waals surface area contributed by atoms with Gasteiger partial charge in [0.1, 0.15) is 18.2 Å². The van der Waals surface area contributed by atoms with Gasteiger partial charge in [0.2, 0.25) is 0 Å². The molecule has 0 unspecified atom stereocenters. The Hall–Kier alpha value is -2.86. The Balaban J connectivity index is 1.47. The molecule has 32 heavy (non-hydrogen) atoms. The Morgan fingerprint density at radius 1 is 0.938 bits per heavy atom. The summed E-state index contributed by atoms with van der Waals surface area (Å²) in [4.78, 5) is 24.7. The highest BCUT2D eigenvalue weighted by Crippen LogP contribution is 2.44. The van der Waals surface area contributed by atoms with Crippen molar-refractivity contribution < 1.29 is 19.1 Å². The minimum absolute atomic E-state index is 0.0313. The number of hydrogen-bond acceptors (Lipinski definition) is 5. The summed E-state index contributed by atoms with van der Waals surface area (Å²) in [5.41, 5.74) is 4.22. The molecule has 2 aromatic rings. The first-order valence-electron chi connectivity index (χ1n) is 11.2. The van der Waals surface area contributed by atoms with Crippen LogP contribution in [-0.2, 0) is 14.3 Å². The second kappa shape index (κ2) is 10.2. The fourth-order valence-corrected chi connectivity index (χ4v) is 4.00. The molecular weight excluding hydrogens is 404 g/mol. The van der Waals surface area contributed by atoms with Crippen LogP contribution < -0.4 is 10.6 Å². The van der Waals surface area contributed by atoms with Crippen LogP contribution in [0.3, 0.4) is 0 Å². The van der Waals surface area contributed by atoms with Crippen LogP contribution in [0, 0.1) is 5.92 Å². The average molecular weight is 439 g/mol. The highest BCUT2D eigenvalue weighted by Gasteiger charge is 2.29. The summed E-state index contributed by atoms with van der Waals surface area (Å²) >= 11 is 0. The molecule has 0 radical (unpaired) electrons. The van der Waals surface area contributed by atoms with E-state index in [0.29, 0.717) is 13.1 Å². The zero-order valence-corrected chi connectivity index (χ0v) is 19.6. The smallest absolute Gasteiger partial charge is 0.407 e. The van der Waals surface area contributed by atoms with Crippen LogP contribution in [0.25, 0.3) is 11.1 Å². The summed E-state index contributed by atoms with van der Waals surface area (Å²) in [7, 11) is 0. The predicted molar refractivity (Wildman–Crippen MR) is 126 cm³/mol. The first-order valence-corrected chi connectivity index (χ1v) is 11.2. The minimum atomic E-state index is -0.536. The van der Waals surface area contributed by atoms with Gasteiger partial charge in [-0.1, -0.05) is 62.4 Å². The van der Waals surface area contributed by atoms with E-state index in [1.54, 1.807) is 0 Å². The number of carbonyl (C=O) groups excluding carboxylic acids is 2. The third kappa shape index (κ3) is 5.88. The van der Waals surface area contributed by atoms with E-state index in [1.165, 1.54) is 22.3 Å². The first-order chi connectivity index (χ1) is 15.2. The van der Waals surface area contributed by atoms with E-state index < -0.39 is 17.7 Å². The summed E-state index contributed by atoms with van der Waals surface area (Å²) in [6.45, 7) is 10.5. The molecule has 172 valence electrons. The van der Waals surface area contributed by atoms with Gasteiger partial charge in [-0.05, 0) is 48.9 Å². The standard InChI is InChI=1S/C26H34N2O4/c1-17(2)23(24(29)32-26(3,4)5)27-14-15-28-25(30)31-16-22-20-12-8-6-10-18(20)19-11-7-9-13-21(19)22/h6-13,17,22-23,27H,14-16H2,1-5H3,(H,28,30)/t23-/m0/s1. The molecule has 0 heterocycles. The Bertz CT molecular complexity index is 903. The van der Waals surface area contributed by atoms with Crippen molar-refractivity contribution in [3.05, 3.63) is 59.7 Å². The number of hydrogen-bond donors (Lipinski definition) is 2. The number of benzene rings is 2. The minimum Gasteiger partial charge on any atom is -0.459 e. The highest BCUT2D eigenvalue weighted by atomic mass is 16.6. The molecule has 1 aliphatic carbocycles. The van der Waals surface area contributed by atoms with E-state index in [-0.39, 0.29) is 24.4 Å². The van der Waals surface area contributed by atoms with E-state index in [9.17, 15) is 9.59 Å². The number of fused-ring (bicyclic) bond motifs is 3. The lowest BCUT2D eigenvalue weighted by molar-refractivity contribution is -0.158. The van der Waals surface area contributed by atoms with Crippen molar-refractivity contribution in [2.24, 2.45) is 5.92 Å². The van der Waals surface area contributed by atoms with Crippen LogP contribution in [0.4, 0.5) is 4.79 Å². The number of nitrogens with one attached hydrogen (secondary N) is 2. The second-order valence-electron chi connectivity index (χ2n) is 9.46. The zero-order chi connectivity index (χ0) is 23.3. The summed E-state index contributed by atoms with van der Waals surface area (Å²) < 4.78 is 11.0. The number of alkyl carbamates (subject to hydrolysis) is 1. The molecule has 0 aliphatic heterocycles. The summed E-state index contributed by atoms with van der Waals surface area (Å²) in [6.07, 6.45) is -0.466. The molecule has 3 rings (SSSR count). The molecule has 6 heteroatoms. The van der Waals surface area contributed by atoms with Crippen LogP contribution in [-0.4, -0.2) is 43.4 Å². The van der Waals surface area contributed by atoms with Crippen molar-refractivity contribution in [3.63, 3.8) is 0 Å². The third-order valence-electron chi connectivity index (χ3n) is 5.43. The molecule has 1 aliphatic rings. The Morgan fingerprint density at radius 3 is 2.03 bits per heavy atom. The van der Waals surface area contributed by atoms with Crippen LogP contribution >= 0.6 is 0 Å². The molecule has 0 saturated heterocycles. The van der Waals surface area contributed by atoms with Crippen molar-refractivity contribution in [3.8, 4) is 11.1 Å². The second-order valence-corrected chi connectivity index (χ2v) is 9.46. The van der Waals surface area contributed by atoms with Crippen molar-refractivity contribution in [2.75, 3.05) is 19.7 Å². The van der Waals surface area contributed by atoms with E-state index in [0.717, 1.165) is 0 Å². The Kier molecular flexibility index (Phi) is 7.56. The van der Waals surface area contributed by atoms with Crippen LogP contribution in [0.5, 0.6) is 0 Å². The van der Waals surface area contributed by atoms with Gasteiger partial charge in [0.05, 0.1) is 0 Å². The maximum Gasteiger partial charge on any atom is 0.407 e. The molecule has 2 aromatic carbocycles. The Morgan fingerprint density at radius 2 is 1.50 bits per heavy atom. The van der Waals surface area contributed by atoms with Gasteiger partial charge in [0, 0.05) is 19.0 Å². The van der Waals surface area contributed by atoms with E-state index in [2.05, 4.69) is 34.9 Å². The Labute approximate surface area is 190 Å². The molecule has 0 aromatic heterocycles. The van der Waals surface area contributed by atoms with E-state index in [1.807, 2.05) is 58.9 Å². The van der Waals surface area contributed by atoms with Gasteiger partial charge < -0.3 is 20.1 Å². The molecule has 1 atom stereocenters. The SMILES string of the molecule is CC(C)[C@H](NCCNC(=O)OCC1c2ccccc2-c2ccccc21)C(=O)OC(C)(C)C. The molecular formula is C26H34N2O4. The number of amides is 1. The number of esters is 1. The summed E-state index contributed by atoms with van der Waals surface area (Å²) in [6, 6.07) is 16.0. The largest absolute Gasteiger partial charge is 0.459 e. The van der Waals surface area contributed by atoms with Crippen molar-refractivity contribution in [1.82, 2.24) is 10.6 Å². The van der Waals surface area contributed by atoms with Crippen LogP contribution in [0.15, 0.2) is 48.5 Å². The molecule has 0 fully saturated rings. The maximum atomic E-state index is 12.4. The first kappa shape index (κ1) is 23.8. The fraction of sp³-hybridized carbons (Fsp3) is 0.462. The quantitative estimate of drug-likeness (QED) is 0.469. The monoisotopic (exact) mass is 438 g/mol. The molecule has 2 N–H and O–H groups in total. The van der Waals surface area contributed by atoms with Gasteiger partial charge >= 0.3 is 12.1 Å². The molecule has 6 nitrogen and oxygen atoms in total. The summed E-state index contributed by atoms with van der Waals surface area (Å²) in [5, 5.41) is 5.94. The van der Waals surface area contributed by atoms with Gasteiger partial charge in [-0.3, -0.25) is 4.79 Å². The van der Waals surface area contributed by atoms with Crippen molar-refractivity contribution in [2.45, 2.75) is 52.2 Å². The van der Waals surface area contributed by atoms with Gasteiger partial charge in [-0.15, -0.1) is 0 Å².